The number of aromatic nitrogens is 3. The van der Waals surface area contributed by atoms with Gasteiger partial charge in [0.2, 0.25) is 0 Å². The fourth-order valence-electron chi connectivity index (χ4n) is 8.52. The largest absolute Gasteiger partial charge is 0.500 e. The van der Waals surface area contributed by atoms with Gasteiger partial charge in [0, 0.05) is 50.3 Å². The molecule has 0 amide bonds. The molecule has 5 heteroatoms. The summed E-state index contributed by atoms with van der Waals surface area (Å²) in [6.07, 6.45) is 10.7. The van der Waals surface area contributed by atoms with Crippen molar-refractivity contribution in [2.75, 3.05) is 0 Å². The first kappa shape index (κ1) is 35.8. The van der Waals surface area contributed by atoms with E-state index in [2.05, 4.69) is 138 Å². The minimum absolute atomic E-state index is 0. The fraction of sp³-hybridized carbons (Fsp3) is 0.137. The van der Waals surface area contributed by atoms with E-state index < -0.39 is 0 Å². The number of nitrogens with zero attached hydrogens (tertiary/aromatic N) is 3. The van der Waals surface area contributed by atoms with Crippen LogP contribution in [0.4, 0.5) is 0 Å². The fourth-order valence-corrected chi connectivity index (χ4v) is 8.52. The third-order valence-electron chi connectivity index (χ3n) is 11.4. The van der Waals surface area contributed by atoms with E-state index >= 15 is 0 Å². The third kappa shape index (κ3) is 6.51. The molecule has 10 aromatic rings. The van der Waals surface area contributed by atoms with Gasteiger partial charge in [-0.1, -0.05) is 133 Å². The molecule has 0 N–H and O–H groups in total. The molecule has 1 radical (unpaired) electrons. The average Bonchev–Trinajstić information content (AvgIpc) is 3.84. The van der Waals surface area contributed by atoms with Gasteiger partial charge in [-0.25, -0.2) is 0 Å². The first-order chi connectivity index (χ1) is 27.2. The Morgan fingerprint density at radius 3 is 2.16 bits per heavy atom. The summed E-state index contributed by atoms with van der Waals surface area (Å²) in [5, 5.41) is 9.25. The van der Waals surface area contributed by atoms with Crippen LogP contribution in [-0.2, 0) is 27.2 Å². The van der Waals surface area contributed by atoms with E-state index in [1.54, 1.807) is 0 Å². The molecule has 11 rings (SSSR count). The smallest absolute Gasteiger partial charge is 0.129 e. The molecule has 7 aromatic carbocycles. The van der Waals surface area contributed by atoms with Crippen molar-refractivity contribution in [1.29, 1.82) is 0 Å². The normalized spacial score (nSPS) is 13.2. The molecule has 1 saturated carbocycles. The third-order valence-corrected chi connectivity index (χ3v) is 11.4. The van der Waals surface area contributed by atoms with Gasteiger partial charge in [-0.05, 0) is 62.5 Å². The maximum atomic E-state index is 6.60. The predicted molar refractivity (Wildman–Crippen MR) is 227 cm³/mol. The van der Waals surface area contributed by atoms with Gasteiger partial charge in [-0.2, -0.15) is 0 Å². The van der Waals surface area contributed by atoms with Crippen LogP contribution in [0.1, 0.15) is 43.6 Å². The summed E-state index contributed by atoms with van der Waals surface area (Å²) >= 11 is 0. The molecule has 1 aliphatic rings. The van der Waals surface area contributed by atoms with Crippen molar-refractivity contribution in [3.05, 3.63) is 170 Å². The van der Waals surface area contributed by atoms with Crippen LogP contribution < -0.4 is 0 Å². The van der Waals surface area contributed by atoms with E-state index in [-0.39, 0.29) is 20.1 Å². The molecular formula is C51H39IrN3O-2. The number of hydrogen-bond acceptors (Lipinski definition) is 3. The van der Waals surface area contributed by atoms with Crippen molar-refractivity contribution in [1.82, 2.24) is 14.5 Å². The Labute approximate surface area is 340 Å². The molecule has 0 spiro atoms. The SMILES string of the molecule is Cn1c(-c2ccc(C3CCCCC3)cc2)cnc1-c1[c-]cccc1.[Ir].[c-]1ccc2c(oc3c2ccc2ccc4ccccc4c23)c1-c1cc2ccccc2cn1. The van der Waals surface area contributed by atoms with Crippen molar-refractivity contribution in [2.24, 2.45) is 7.05 Å². The van der Waals surface area contributed by atoms with Crippen LogP contribution in [0.25, 0.3) is 88.2 Å². The molecule has 0 bridgehead atoms. The summed E-state index contributed by atoms with van der Waals surface area (Å²) in [6.45, 7) is 0. The van der Waals surface area contributed by atoms with Crippen LogP contribution in [0.2, 0.25) is 0 Å². The number of fused-ring (bicyclic) bond motifs is 8. The average molecular weight is 902 g/mol. The summed E-state index contributed by atoms with van der Waals surface area (Å²) in [7, 11) is 2.08. The maximum absolute atomic E-state index is 6.60. The van der Waals surface area contributed by atoms with E-state index in [1.807, 2.05) is 42.7 Å². The number of furan rings is 1. The van der Waals surface area contributed by atoms with E-state index in [0.717, 1.165) is 72.4 Å². The van der Waals surface area contributed by atoms with Crippen LogP contribution in [-0.4, -0.2) is 14.5 Å². The molecule has 1 aliphatic carbocycles. The number of hydrogen-bond donors (Lipinski definition) is 0. The van der Waals surface area contributed by atoms with Crippen LogP contribution in [0.5, 0.6) is 0 Å². The number of benzene rings is 7. The predicted octanol–water partition coefficient (Wildman–Crippen LogP) is 13.5. The summed E-state index contributed by atoms with van der Waals surface area (Å²) in [5.41, 5.74) is 8.43. The van der Waals surface area contributed by atoms with Gasteiger partial charge in [-0.3, -0.25) is 4.98 Å². The second kappa shape index (κ2) is 15.3. The van der Waals surface area contributed by atoms with Gasteiger partial charge in [-0.15, -0.1) is 54.1 Å². The standard InChI is InChI=1S/C29H16NO.C22H23N2.Ir/c1-2-8-21-17-30-26(16-20(21)7-1)25-11-5-10-23-24-15-14-19-13-12-18-6-3-4-9-22(18)27(19)29(24)31-28(23)25;1-24-21(16-23-22(24)20-10-6-3-7-11-20)19-14-12-18(13-15-19)17-8-4-2-5-9-17;/h1-10,12-17H;3,6-7,10,12-17H,2,4-5,8-9H2,1H3;/q2*-1;. The zero-order valence-corrected chi connectivity index (χ0v) is 33.5. The first-order valence-electron chi connectivity index (χ1n) is 19.3. The number of pyridine rings is 1. The van der Waals surface area contributed by atoms with Crippen molar-refractivity contribution >= 4 is 54.3 Å². The van der Waals surface area contributed by atoms with Gasteiger partial charge in [0.1, 0.15) is 5.58 Å². The van der Waals surface area contributed by atoms with Crippen LogP contribution in [0.3, 0.4) is 0 Å². The summed E-state index contributed by atoms with van der Waals surface area (Å²) in [6, 6.07) is 55.4. The van der Waals surface area contributed by atoms with Gasteiger partial charge in [0.25, 0.3) is 0 Å². The Balaban J connectivity index is 0.000000149. The van der Waals surface area contributed by atoms with E-state index in [4.69, 9.17) is 9.40 Å². The Morgan fingerprint density at radius 1 is 0.607 bits per heavy atom. The van der Waals surface area contributed by atoms with Crippen molar-refractivity contribution in [3.63, 3.8) is 0 Å². The number of imidazole rings is 1. The number of rotatable bonds is 4. The molecule has 0 atom stereocenters. The second-order valence-corrected chi connectivity index (χ2v) is 14.7. The quantitative estimate of drug-likeness (QED) is 0.131. The maximum Gasteiger partial charge on any atom is 0.129 e. The topological polar surface area (TPSA) is 43.9 Å². The molecule has 4 nitrogen and oxygen atoms in total. The molecular weight excluding hydrogens is 863 g/mol. The molecule has 56 heavy (non-hydrogen) atoms. The van der Waals surface area contributed by atoms with Gasteiger partial charge in [0.05, 0.1) is 17.1 Å². The van der Waals surface area contributed by atoms with Crippen molar-refractivity contribution < 1.29 is 24.5 Å². The second-order valence-electron chi connectivity index (χ2n) is 14.7. The molecule has 1 fully saturated rings. The van der Waals surface area contributed by atoms with Gasteiger partial charge >= 0.3 is 0 Å². The molecule has 3 heterocycles. The van der Waals surface area contributed by atoms with Gasteiger partial charge in [0.15, 0.2) is 0 Å². The van der Waals surface area contributed by atoms with E-state index in [0.29, 0.717) is 0 Å². The molecule has 0 saturated heterocycles. The van der Waals surface area contributed by atoms with E-state index in [1.165, 1.54) is 59.4 Å². The van der Waals surface area contributed by atoms with Crippen LogP contribution in [0.15, 0.2) is 156 Å². The monoisotopic (exact) mass is 902 g/mol. The van der Waals surface area contributed by atoms with E-state index in [9.17, 15) is 0 Å². The Bertz CT molecular complexity index is 2980. The summed E-state index contributed by atoms with van der Waals surface area (Å²) in [4.78, 5) is 9.32. The van der Waals surface area contributed by atoms with Crippen LogP contribution >= 0.6 is 0 Å². The Kier molecular flexibility index (Phi) is 9.81. The molecule has 3 aromatic heterocycles. The Hall–Kier alpha value is -5.87. The van der Waals surface area contributed by atoms with Crippen molar-refractivity contribution in [3.8, 4) is 33.9 Å². The summed E-state index contributed by atoms with van der Waals surface area (Å²) < 4.78 is 8.75. The Morgan fingerprint density at radius 2 is 1.34 bits per heavy atom. The van der Waals surface area contributed by atoms with Gasteiger partial charge < -0.3 is 14.0 Å². The molecule has 0 unspecified atom stereocenters. The van der Waals surface area contributed by atoms with Crippen LogP contribution in [0, 0.1) is 12.1 Å². The molecule has 275 valence electrons. The minimum Gasteiger partial charge on any atom is -0.500 e. The molecule has 0 aliphatic heterocycles. The van der Waals surface area contributed by atoms with Crippen molar-refractivity contribution in [2.45, 2.75) is 38.0 Å². The zero-order valence-electron chi connectivity index (χ0n) is 31.1. The minimum atomic E-state index is 0. The first-order valence-corrected chi connectivity index (χ1v) is 19.3. The zero-order chi connectivity index (χ0) is 36.7. The summed E-state index contributed by atoms with van der Waals surface area (Å²) in [5.74, 6) is 1.72.